The number of hydrogen-bond donors (Lipinski definition) is 1. The molecule has 4 aromatic carbocycles. The number of nitrogens with zero attached hydrogens (tertiary/aromatic N) is 9. The molecule has 244 valence electrons. The van der Waals surface area contributed by atoms with Crippen molar-refractivity contribution in [3.63, 3.8) is 0 Å². The molecule has 2 radical (unpaired) electrons. The van der Waals surface area contributed by atoms with Crippen LogP contribution in [0.4, 0.5) is 11.4 Å². The number of nitrogens with two attached hydrogens (primary N) is 1. The first-order valence-corrected chi connectivity index (χ1v) is 21.5. The van der Waals surface area contributed by atoms with Crippen LogP contribution in [-0.4, -0.2) is 62.5 Å². The van der Waals surface area contributed by atoms with E-state index < -0.39 is 23.8 Å². The molecule has 8 rings (SSSR count). The van der Waals surface area contributed by atoms with Gasteiger partial charge in [0.1, 0.15) is 11.4 Å². The monoisotopic (exact) mass is 790 g/mol. The standard InChI is InChI=1S/C16H13N5O2.C16H15N5.CH4.2ClH.Sn/c1-19-13-6-4-3-5-12(13)17-16(19)15-11-8-7-10(21(22)23)9-14(11)20(2)18-15;1-20-13-6-4-3-5-12(13)18-16(20)15-11-8-7-10(17)9-14(11)21(2)19-15;;;;/h3-9H,1-2H3;3-9H,17H2,1-2H3;1H4;2*1H;/q;;;;;+2/p-2. The number of rotatable bonds is 3. The molecule has 0 atom stereocenters. The number of aryl methyl sites for hydroxylation is 4. The summed E-state index contributed by atoms with van der Waals surface area (Å²) in [6.45, 7) is 0. The van der Waals surface area contributed by atoms with Crippen LogP contribution >= 0.6 is 17.8 Å². The average molecular weight is 790 g/mol. The van der Waals surface area contributed by atoms with Gasteiger partial charge in [-0.25, -0.2) is 9.97 Å². The van der Waals surface area contributed by atoms with Crippen LogP contribution < -0.4 is 5.73 Å². The third-order valence-corrected chi connectivity index (χ3v) is 7.92. The molecule has 4 aromatic heterocycles. The number of non-ortho nitro benzene ring substituents is 1. The van der Waals surface area contributed by atoms with Gasteiger partial charge in [-0.2, -0.15) is 10.2 Å². The Hall–Kier alpha value is -4.66. The van der Waals surface area contributed by atoms with Crippen molar-refractivity contribution in [2.24, 2.45) is 28.2 Å². The first-order chi connectivity index (χ1) is 22.6. The van der Waals surface area contributed by atoms with Crippen LogP contribution in [0.3, 0.4) is 0 Å². The minimum atomic E-state index is -0.826. The number of aromatic nitrogens is 8. The molecular formula is C33H32Cl2N10O2Sn. The van der Waals surface area contributed by atoms with Gasteiger partial charge in [-0.3, -0.25) is 19.5 Å². The first-order valence-electron chi connectivity index (χ1n) is 14.3. The number of halogens is 2. The summed E-state index contributed by atoms with van der Waals surface area (Å²) in [5.41, 5.74) is 14.0. The SMILES string of the molecule is C.Cn1nc(-c2nc3ccccc3n2C)c2ccc(N)cc21.Cn1nc(-c2nc3ccccc3n2C)c2ccc([N+](=O)[O-])cc21.[Cl][Sn][Cl]. The fourth-order valence-corrected chi connectivity index (χ4v) is 5.68. The van der Waals surface area contributed by atoms with Crippen molar-refractivity contribution in [2.45, 2.75) is 7.43 Å². The van der Waals surface area contributed by atoms with Crippen LogP contribution in [0, 0.1) is 10.1 Å². The average Bonchev–Trinajstić information content (AvgIpc) is 3.78. The Balaban J connectivity index is 0.000000171. The molecule has 0 fully saturated rings. The number of nitro benzene ring substituents is 1. The number of imidazole rings is 2. The molecule has 0 unspecified atom stereocenters. The van der Waals surface area contributed by atoms with Crippen molar-refractivity contribution in [2.75, 3.05) is 5.73 Å². The van der Waals surface area contributed by atoms with Crippen LogP contribution in [-0.2, 0) is 28.2 Å². The van der Waals surface area contributed by atoms with Gasteiger partial charge in [-0.15, -0.1) is 0 Å². The number of fused-ring (bicyclic) bond motifs is 4. The normalized spacial score (nSPS) is 10.9. The number of para-hydroxylation sites is 4. The zero-order chi connectivity index (χ0) is 33.4. The molecular weight excluding hydrogens is 758 g/mol. The van der Waals surface area contributed by atoms with Crippen molar-refractivity contribution < 1.29 is 4.92 Å². The zero-order valence-corrected chi connectivity index (χ0v) is 30.1. The van der Waals surface area contributed by atoms with E-state index in [-0.39, 0.29) is 13.1 Å². The van der Waals surface area contributed by atoms with E-state index in [0.29, 0.717) is 5.52 Å². The molecule has 12 nitrogen and oxygen atoms in total. The summed E-state index contributed by atoms with van der Waals surface area (Å²) in [7, 11) is 17.5. The summed E-state index contributed by atoms with van der Waals surface area (Å²) in [5, 5.41) is 22.0. The predicted molar refractivity (Wildman–Crippen MR) is 196 cm³/mol. The van der Waals surface area contributed by atoms with E-state index >= 15 is 0 Å². The van der Waals surface area contributed by atoms with Gasteiger partial charge in [0.05, 0.1) is 38.0 Å². The molecule has 0 saturated carbocycles. The third kappa shape index (κ3) is 6.30. The molecule has 0 amide bonds. The van der Waals surface area contributed by atoms with E-state index in [1.807, 2.05) is 91.1 Å². The maximum absolute atomic E-state index is 11.0. The van der Waals surface area contributed by atoms with E-state index in [1.54, 1.807) is 17.8 Å². The Labute approximate surface area is 293 Å². The van der Waals surface area contributed by atoms with Gasteiger partial charge in [0.15, 0.2) is 11.6 Å². The van der Waals surface area contributed by atoms with Crippen molar-refractivity contribution in [3.8, 4) is 23.0 Å². The van der Waals surface area contributed by atoms with Gasteiger partial charge in [0.2, 0.25) is 0 Å². The molecule has 2 N–H and O–H groups in total. The predicted octanol–water partition coefficient (Wildman–Crippen LogP) is 7.38. The number of hydrogen-bond acceptors (Lipinski definition) is 7. The van der Waals surface area contributed by atoms with Gasteiger partial charge < -0.3 is 14.9 Å². The summed E-state index contributed by atoms with van der Waals surface area (Å²) in [5.74, 6) is 1.61. The van der Waals surface area contributed by atoms with Gasteiger partial charge in [0, 0.05) is 56.8 Å². The zero-order valence-electron chi connectivity index (χ0n) is 25.8. The van der Waals surface area contributed by atoms with E-state index in [2.05, 4.69) is 25.8 Å². The van der Waals surface area contributed by atoms with Crippen molar-refractivity contribution in [1.82, 2.24) is 38.7 Å². The summed E-state index contributed by atoms with van der Waals surface area (Å²) in [6.07, 6.45) is 0. The number of benzene rings is 4. The molecule has 48 heavy (non-hydrogen) atoms. The topological polar surface area (TPSA) is 140 Å². The molecule has 4 heterocycles. The molecule has 15 heteroatoms. The minimum absolute atomic E-state index is 0. The third-order valence-electron chi connectivity index (χ3n) is 7.92. The molecule has 0 aliphatic carbocycles. The van der Waals surface area contributed by atoms with Crippen LogP contribution in [0.2, 0.25) is 0 Å². The number of anilines is 1. The Kier molecular flexibility index (Phi) is 10.3. The Bertz CT molecular complexity index is 2430. The molecule has 0 saturated heterocycles. The van der Waals surface area contributed by atoms with Crippen LogP contribution in [0.1, 0.15) is 7.43 Å². The second kappa shape index (κ2) is 14.2. The molecule has 0 aliphatic heterocycles. The first kappa shape index (κ1) is 34.7. The number of nitro groups is 1. The van der Waals surface area contributed by atoms with Crippen molar-refractivity contribution in [1.29, 1.82) is 0 Å². The second-order valence-electron chi connectivity index (χ2n) is 10.7. The van der Waals surface area contributed by atoms with Crippen molar-refractivity contribution in [3.05, 3.63) is 95.0 Å². The molecule has 8 aromatic rings. The second-order valence-corrected chi connectivity index (χ2v) is 15.0. The van der Waals surface area contributed by atoms with Gasteiger partial charge in [-0.1, -0.05) is 31.7 Å². The van der Waals surface area contributed by atoms with Gasteiger partial charge >= 0.3 is 36.7 Å². The Morgan fingerprint density at radius 1 is 0.688 bits per heavy atom. The quantitative estimate of drug-likeness (QED) is 0.0853. The van der Waals surface area contributed by atoms with E-state index in [9.17, 15) is 10.1 Å². The van der Waals surface area contributed by atoms with Crippen LogP contribution in [0.15, 0.2) is 84.9 Å². The van der Waals surface area contributed by atoms with Crippen LogP contribution in [0.5, 0.6) is 0 Å². The molecule has 0 aliphatic rings. The van der Waals surface area contributed by atoms with E-state index in [0.717, 1.165) is 67.1 Å². The van der Waals surface area contributed by atoms with Gasteiger partial charge in [-0.05, 0) is 48.5 Å². The van der Waals surface area contributed by atoms with Crippen LogP contribution in [0.25, 0.3) is 66.9 Å². The van der Waals surface area contributed by atoms with Crippen molar-refractivity contribution >= 4 is 92.0 Å². The summed E-state index contributed by atoms with van der Waals surface area (Å²) in [4.78, 5) is 19.9. The van der Waals surface area contributed by atoms with E-state index in [4.69, 9.17) is 28.6 Å². The van der Waals surface area contributed by atoms with Gasteiger partial charge in [0.25, 0.3) is 5.69 Å². The number of nitrogen functional groups attached to an aromatic ring is 1. The van der Waals surface area contributed by atoms with E-state index in [1.165, 1.54) is 12.1 Å². The fraction of sp³-hybridized carbons (Fsp3) is 0.152. The molecule has 0 spiro atoms. The Morgan fingerprint density at radius 2 is 1.12 bits per heavy atom. The summed E-state index contributed by atoms with van der Waals surface area (Å²) < 4.78 is 7.56. The summed E-state index contributed by atoms with van der Waals surface area (Å²) in [6, 6.07) is 26.6. The fourth-order valence-electron chi connectivity index (χ4n) is 5.68. The maximum atomic E-state index is 11.0. The Morgan fingerprint density at radius 3 is 1.58 bits per heavy atom. The summed E-state index contributed by atoms with van der Waals surface area (Å²) >= 11 is -0.826. The molecule has 0 bridgehead atoms.